The maximum Gasteiger partial charge on any atom is 0.0547 e. The van der Waals surface area contributed by atoms with Crippen molar-refractivity contribution in [2.75, 3.05) is 0 Å². The van der Waals surface area contributed by atoms with Crippen LogP contribution in [0.4, 0.5) is 0 Å². The molecular formula is C88H54N2. The quantitative estimate of drug-likeness (QED) is 0.141. The van der Waals surface area contributed by atoms with Crippen LogP contribution in [0.15, 0.2) is 328 Å². The zero-order valence-electron chi connectivity index (χ0n) is 49.1. The van der Waals surface area contributed by atoms with Gasteiger partial charge in [0.1, 0.15) is 0 Å². The molecule has 416 valence electrons. The number of hydrogen-bond donors (Lipinski definition) is 0. The van der Waals surface area contributed by atoms with Crippen molar-refractivity contribution in [3.8, 4) is 67.0 Å². The summed E-state index contributed by atoms with van der Waals surface area (Å²) in [5.41, 5.74) is 19.1. The van der Waals surface area contributed by atoms with Gasteiger partial charge in [0.05, 0.1) is 22.1 Å². The molecule has 2 heterocycles. The van der Waals surface area contributed by atoms with E-state index < -0.39 is 0 Å². The van der Waals surface area contributed by atoms with Crippen LogP contribution in [0.2, 0.25) is 0 Å². The number of rotatable bonds is 7. The number of hydrogen-bond acceptors (Lipinski definition) is 0. The Kier molecular flexibility index (Phi) is 11.1. The number of aromatic nitrogens is 2. The van der Waals surface area contributed by atoms with E-state index in [0.29, 0.717) is 0 Å². The Morgan fingerprint density at radius 2 is 0.522 bits per heavy atom. The van der Waals surface area contributed by atoms with Gasteiger partial charge < -0.3 is 9.13 Å². The van der Waals surface area contributed by atoms with Gasteiger partial charge in [-0.15, -0.1) is 0 Å². The van der Waals surface area contributed by atoms with Crippen LogP contribution < -0.4 is 0 Å². The number of nitrogens with zero attached hydrogens (tertiary/aromatic N) is 2. The zero-order valence-corrected chi connectivity index (χ0v) is 49.1. The van der Waals surface area contributed by atoms with Crippen LogP contribution >= 0.6 is 0 Å². The molecule has 0 unspecified atom stereocenters. The molecule has 0 bridgehead atoms. The average Bonchev–Trinajstić information content (AvgIpc) is 1.20. The molecule has 17 aromatic carbocycles. The number of para-hydroxylation sites is 3. The lowest BCUT2D eigenvalue weighted by atomic mass is 9.86. The summed E-state index contributed by atoms with van der Waals surface area (Å²) in [5, 5.41) is 22.7. The third kappa shape index (κ3) is 7.65. The fraction of sp³-hybridized carbons (Fsp3) is 0. The van der Waals surface area contributed by atoms with Gasteiger partial charge in [0.2, 0.25) is 0 Å². The topological polar surface area (TPSA) is 9.86 Å². The van der Waals surface area contributed by atoms with Gasteiger partial charge in [0.25, 0.3) is 0 Å². The van der Waals surface area contributed by atoms with E-state index in [1.807, 2.05) is 0 Å². The van der Waals surface area contributed by atoms with Crippen LogP contribution in [-0.2, 0) is 0 Å². The lowest BCUT2D eigenvalue weighted by Gasteiger charge is -2.17. The minimum Gasteiger partial charge on any atom is -0.309 e. The third-order valence-corrected chi connectivity index (χ3v) is 19.5. The van der Waals surface area contributed by atoms with Crippen molar-refractivity contribution in [2.45, 2.75) is 0 Å². The Labute approximate surface area is 519 Å². The Morgan fingerprint density at radius 3 is 1.09 bits per heavy atom. The second kappa shape index (κ2) is 19.8. The molecule has 0 aliphatic rings. The highest BCUT2D eigenvalue weighted by Gasteiger charge is 2.21. The van der Waals surface area contributed by atoms with Crippen molar-refractivity contribution in [2.24, 2.45) is 0 Å². The summed E-state index contributed by atoms with van der Waals surface area (Å²) in [6, 6.07) is 122. The third-order valence-electron chi connectivity index (χ3n) is 19.5. The maximum absolute atomic E-state index is 2.46. The largest absolute Gasteiger partial charge is 0.309 e. The Balaban J connectivity index is 0.727. The van der Waals surface area contributed by atoms with Gasteiger partial charge in [-0.3, -0.25) is 0 Å². The first kappa shape index (κ1) is 50.3. The summed E-state index contributed by atoms with van der Waals surface area (Å²) in [7, 11) is 0. The number of benzene rings is 17. The van der Waals surface area contributed by atoms with E-state index in [1.54, 1.807) is 0 Å². The van der Waals surface area contributed by atoms with Gasteiger partial charge in [-0.25, -0.2) is 0 Å². The van der Waals surface area contributed by atoms with E-state index in [0.717, 1.165) is 11.4 Å². The first-order valence-corrected chi connectivity index (χ1v) is 31.2. The summed E-state index contributed by atoms with van der Waals surface area (Å²) >= 11 is 0. The Bertz CT molecular complexity index is 6170. The standard InChI is InChI=1S/C88H54N2/c1-3-20-63(21-4-1)89-83-34-18-17-30-71(83)72-46-43-59(51-85(72)89)55-35-39-57(40-36-55)77-53-81-65-24-8-7-19-61(65)49-79(88(81)76-33-16-13-29-70(76)77)62-45-48-84-80(50-62)73-47-44-60(52-86(73)90(84)64-22-5-2-6-23-64)56-37-41-58(42-38-56)78-54-82-68-27-10-9-25-66(68)67-26-11-14-31-74(67)87(82)75-32-15-12-28-69(75)78/h1-54H. The fourth-order valence-electron chi connectivity index (χ4n) is 15.4. The molecule has 0 saturated heterocycles. The zero-order chi connectivity index (χ0) is 59.0. The van der Waals surface area contributed by atoms with Gasteiger partial charge in [-0.2, -0.15) is 0 Å². The Morgan fingerprint density at radius 1 is 0.156 bits per heavy atom. The average molecular weight is 1140 g/mol. The molecule has 0 atom stereocenters. The van der Waals surface area contributed by atoms with Crippen molar-refractivity contribution in [1.82, 2.24) is 9.13 Å². The highest BCUT2D eigenvalue weighted by molar-refractivity contribution is 6.33. The molecule has 2 heteroatoms. The summed E-state index contributed by atoms with van der Waals surface area (Å²) in [4.78, 5) is 0. The van der Waals surface area contributed by atoms with Gasteiger partial charge in [-0.1, -0.05) is 255 Å². The van der Waals surface area contributed by atoms with E-state index in [2.05, 4.69) is 337 Å². The molecule has 2 aromatic heterocycles. The second-order valence-corrected chi connectivity index (χ2v) is 24.2. The van der Waals surface area contributed by atoms with Gasteiger partial charge in [0.15, 0.2) is 0 Å². The van der Waals surface area contributed by atoms with Crippen molar-refractivity contribution in [3.05, 3.63) is 328 Å². The van der Waals surface area contributed by atoms with Crippen molar-refractivity contribution in [1.29, 1.82) is 0 Å². The van der Waals surface area contributed by atoms with Crippen LogP contribution in [0.25, 0.3) is 186 Å². The molecule has 0 aliphatic carbocycles. The van der Waals surface area contributed by atoms with Crippen LogP contribution in [0, 0.1) is 0 Å². The molecule has 0 fully saturated rings. The summed E-state index contributed by atoms with van der Waals surface area (Å²) < 4.78 is 4.85. The molecule has 2 nitrogen and oxygen atoms in total. The normalized spacial score (nSPS) is 12.0. The van der Waals surface area contributed by atoms with E-state index in [1.165, 1.54) is 175 Å². The SMILES string of the molecule is c1ccc(-n2c3ccccc3c3ccc(-c4ccc(-c5cc6c7ccccc7cc(-c7ccc8c(c7)c7ccc(-c9ccc(-c%10cc%11c%12ccccc%12c%12ccccc%12c%11c%11ccccc%10%11)cc9)cc7n8-c7ccccc7)c6c6ccccc56)cc4)cc32)cc1. The first-order chi connectivity index (χ1) is 44.6. The monoisotopic (exact) mass is 1140 g/mol. The van der Waals surface area contributed by atoms with Gasteiger partial charge in [0, 0.05) is 32.9 Å². The molecule has 0 amide bonds. The minimum absolute atomic E-state index is 1.14. The molecule has 0 spiro atoms. The van der Waals surface area contributed by atoms with E-state index in [9.17, 15) is 0 Å². The number of fused-ring (bicyclic) bond motifs is 19. The lowest BCUT2D eigenvalue weighted by molar-refractivity contribution is 1.18. The van der Waals surface area contributed by atoms with Crippen molar-refractivity contribution >= 4 is 119 Å². The molecule has 0 N–H and O–H groups in total. The van der Waals surface area contributed by atoms with Gasteiger partial charge in [-0.05, 0) is 204 Å². The predicted molar refractivity (Wildman–Crippen MR) is 385 cm³/mol. The maximum atomic E-state index is 2.46. The molecule has 90 heavy (non-hydrogen) atoms. The van der Waals surface area contributed by atoms with E-state index in [-0.39, 0.29) is 0 Å². The molecule has 19 aromatic rings. The molecule has 19 rings (SSSR count). The molecule has 0 aliphatic heterocycles. The van der Waals surface area contributed by atoms with Crippen molar-refractivity contribution < 1.29 is 0 Å². The van der Waals surface area contributed by atoms with Crippen LogP contribution in [0.3, 0.4) is 0 Å². The Hall–Kier alpha value is -11.8. The molecule has 0 saturated carbocycles. The highest BCUT2D eigenvalue weighted by atomic mass is 15.0. The van der Waals surface area contributed by atoms with Crippen LogP contribution in [-0.4, -0.2) is 9.13 Å². The van der Waals surface area contributed by atoms with Gasteiger partial charge >= 0.3 is 0 Å². The fourth-order valence-corrected chi connectivity index (χ4v) is 15.4. The lowest BCUT2D eigenvalue weighted by Crippen LogP contribution is -1.94. The molecule has 0 radical (unpaired) electrons. The summed E-state index contributed by atoms with van der Waals surface area (Å²) in [6.07, 6.45) is 0. The molecular weight excluding hydrogens is 1080 g/mol. The first-order valence-electron chi connectivity index (χ1n) is 31.2. The second-order valence-electron chi connectivity index (χ2n) is 24.2. The van der Waals surface area contributed by atoms with E-state index >= 15 is 0 Å². The predicted octanol–water partition coefficient (Wildman–Crippen LogP) is 24.3. The van der Waals surface area contributed by atoms with Crippen LogP contribution in [0.5, 0.6) is 0 Å². The summed E-state index contributed by atoms with van der Waals surface area (Å²) in [6.45, 7) is 0. The summed E-state index contributed by atoms with van der Waals surface area (Å²) in [5.74, 6) is 0. The smallest absolute Gasteiger partial charge is 0.0547 e. The van der Waals surface area contributed by atoms with E-state index in [4.69, 9.17) is 0 Å². The minimum atomic E-state index is 1.14. The highest BCUT2D eigenvalue weighted by Crippen LogP contribution is 2.47. The van der Waals surface area contributed by atoms with Crippen LogP contribution in [0.1, 0.15) is 0 Å². The van der Waals surface area contributed by atoms with Crippen molar-refractivity contribution in [3.63, 3.8) is 0 Å².